The highest BCUT2D eigenvalue weighted by atomic mass is 16.2. The second kappa shape index (κ2) is 6.58. The fourth-order valence-corrected chi connectivity index (χ4v) is 3.75. The summed E-state index contributed by atoms with van der Waals surface area (Å²) in [5, 5.41) is 8.23. The molecule has 0 bridgehead atoms. The fourth-order valence-electron chi connectivity index (χ4n) is 3.75. The molecule has 5 heteroatoms. The first-order chi connectivity index (χ1) is 10.3. The standard InChI is InChI=1S/C16H26N4O/c1-2-19-12-17-18-15(19)11-13-7-9-20(10-8-13)16(21)14-5-3-4-6-14/h12-14H,2-11H2,1H3. The van der Waals surface area contributed by atoms with Crippen LogP contribution in [0.2, 0.25) is 0 Å². The lowest BCUT2D eigenvalue weighted by Gasteiger charge is -2.33. The minimum Gasteiger partial charge on any atom is -0.342 e. The van der Waals surface area contributed by atoms with Crippen molar-refractivity contribution in [1.82, 2.24) is 19.7 Å². The number of carbonyl (C=O) groups is 1. The van der Waals surface area contributed by atoms with Crippen LogP contribution in [0.15, 0.2) is 6.33 Å². The van der Waals surface area contributed by atoms with Crippen LogP contribution in [0.1, 0.15) is 51.3 Å². The molecule has 0 N–H and O–H groups in total. The van der Waals surface area contributed by atoms with Crippen molar-refractivity contribution >= 4 is 5.91 Å². The van der Waals surface area contributed by atoms with Crippen LogP contribution in [-0.2, 0) is 17.8 Å². The van der Waals surface area contributed by atoms with Crippen LogP contribution in [0.25, 0.3) is 0 Å². The van der Waals surface area contributed by atoms with Crippen LogP contribution in [-0.4, -0.2) is 38.7 Å². The first-order valence-corrected chi connectivity index (χ1v) is 8.43. The SMILES string of the molecule is CCn1cnnc1CC1CCN(C(=O)C2CCCC2)CC1. The van der Waals surface area contributed by atoms with E-state index < -0.39 is 0 Å². The number of rotatable bonds is 4. The molecule has 3 rings (SSSR count). The van der Waals surface area contributed by atoms with Gasteiger partial charge in [0.25, 0.3) is 0 Å². The number of amides is 1. The van der Waals surface area contributed by atoms with E-state index in [1.807, 2.05) is 6.33 Å². The fraction of sp³-hybridized carbons (Fsp3) is 0.812. The molecule has 0 spiro atoms. The Kier molecular flexibility index (Phi) is 4.56. The Labute approximate surface area is 126 Å². The molecule has 2 aliphatic rings. The lowest BCUT2D eigenvalue weighted by atomic mass is 9.92. The first kappa shape index (κ1) is 14.5. The van der Waals surface area contributed by atoms with Gasteiger partial charge in [-0.1, -0.05) is 12.8 Å². The number of aryl methyl sites for hydroxylation is 1. The van der Waals surface area contributed by atoms with Crippen molar-refractivity contribution in [2.45, 2.75) is 58.4 Å². The van der Waals surface area contributed by atoms with Gasteiger partial charge in [0.2, 0.25) is 5.91 Å². The Balaban J connectivity index is 1.49. The third-order valence-corrected chi connectivity index (χ3v) is 5.14. The zero-order valence-corrected chi connectivity index (χ0v) is 13.0. The molecular weight excluding hydrogens is 264 g/mol. The van der Waals surface area contributed by atoms with Crippen LogP contribution < -0.4 is 0 Å². The van der Waals surface area contributed by atoms with Gasteiger partial charge in [-0.2, -0.15) is 0 Å². The van der Waals surface area contributed by atoms with E-state index in [0.717, 1.165) is 57.6 Å². The van der Waals surface area contributed by atoms with Crippen LogP contribution in [0, 0.1) is 11.8 Å². The summed E-state index contributed by atoms with van der Waals surface area (Å²) in [5.74, 6) is 2.48. The van der Waals surface area contributed by atoms with Gasteiger partial charge < -0.3 is 9.47 Å². The van der Waals surface area contributed by atoms with Crippen LogP contribution in [0.3, 0.4) is 0 Å². The molecule has 116 valence electrons. The molecule has 2 fully saturated rings. The van der Waals surface area contributed by atoms with Crippen molar-refractivity contribution in [1.29, 1.82) is 0 Å². The zero-order valence-electron chi connectivity index (χ0n) is 13.0. The molecule has 1 aliphatic carbocycles. The number of likely N-dealkylation sites (tertiary alicyclic amines) is 1. The lowest BCUT2D eigenvalue weighted by molar-refractivity contribution is -0.136. The smallest absolute Gasteiger partial charge is 0.225 e. The van der Waals surface area contributed by atoms with Gasteiger partial charge in [-0.25, -0.2) is 0 Å². The van der Waals surface area contributed by atoms with Crippen molar-refractivity contribution in [2.75, 3.05) is 13.1 Å². The van der Waals surface area contributed by atoms with Crippen molar-refractivity contribution < 1.29 is 4.79 Å². The van der Waals surface area contributed by atoms with Crippen LogP contribution >= 0.6 is 0 Å². The van der Waals surface area contributed by atoms with Crippen molar-refractivity contribution in [3.8, 4) is 0 Å². The van der Waals surface area contributed by atoms with Crippen LogP contribution in [0.5, 0.6) is 0 Å². The van der Waals surface area contributed by atoms with Crippen molar-refractivity contribution in [3.63, 3.8) is 0 Å². The monoisotopic (exact) mass is 290 g/mol. The molecule has 5 nitrogen and oxygen atoms in total. The highest BCUT2D eigenvalue weighted by molar-refractivity contribution is 5.79. The average Bonchev–Trinajstić information content (AvgIpc) is 3.18. The molecule has 0 aromatic carbocycles. The number of piperidine rings is 1. The molecule has 1 saturated heterocycles. The van der Waals surface area contributed by atoms with Crippen molar-refractivity contribution in [2.24, 2.45) is 11.8 Å². The summed E-state index contributed by atoms with van der Waals surface area (Å²) < 4.78 is 2.12. The van der Waals surface area contributed by atoms with E-state index in [2.05, 4.69) is 26.6 Å². The van der Waals surface area contributed by atoms with Gasteiger partial charge in [0.15, 0.2) is 0 Å². The second-order valence-corrected chi connectivity index (χ2v) is 6.49. The molecule has 0 unspecified atom stereocenters. The summed E-state index contributed by atoms with van der Waals surface area (Å²) in [5.41, 5.74) is 0. The van der Waals surface area contributed by atoms with Crippen LogP contribution in [0.4, 0.5) is 0 Å². The Morgan fingerprint density at radius 1 is 1.24 bits per heavy atom. The maximum atomic E-state index is 12.4. The summed E-state index contributed by atoms with van der Waals surface area (Å²) in [6, 6.07) is 0. The molecule has 21 heavy (non-hydrogen) atoms. The number of nitrogens with zero attached hydrogens (tertiary/aromatic N) is 4. The highest BCUT2D eigenvalue weighted by Gasteiger charge is 2.30. The minimum absolute atomic E-state index is 0.324. The summed E-state index contributed by atoms with van der Waals surface area (Å²) in [6.07, 6.45) is 9.72. The second-order valence-electron chi connectivity index (χ2n) is 6.49. The van der Waals surface area contributed by atoms with Gasteiger partial charge >= 0.3 is 0 Å². The summed E-state index contributed by atoms with van der Waals surface area (Å²) in [4.78, 5) is 14.5. The van der Waals surface area contributed by atoms with E-state index in [1.54, 1.807) is 0 Å². The molecule has 2 heterocycles. The normalized spacial score (nSPS) is 21.1. The van der Waals surface area contributed by atoms with Gasteiger partial charge in [-0.3, -0.25) is 4.79 Å². The van der Waals surface area contributed by atoms with E-state index in [1.165, 1.54) is 12.8 Å². The molecule has 1 saturated carbocycles. The molecular formula is C16H26N4O. The predicted octanol–water partition coefficient (Wildman–Crippen LogP) is 2.27. The maximum Gasteiger partial charge on any atom is 0.225 e. The van der Waals surface area contributed by atoms with E-state index in [9.17, 15) is 4.79 Å². The quantitative estimate of drug-likeness (QED) is 0.854. The minimum atomic E-state index is 0.324. The molecule has 0 atom stereocenters. The average molecular weight is 290 g/mol. The third-order valence-electron chi connectivity index (χ3n) is 5.14. The Morgan fingerprint density at radius 2 is 1.95 bits per heavy atom. The van der Waals surface area contributed by atoms with Gasteiger partial charge in [0.05, 0.1) is 0 Å². The third kappa shape index (κ3) is 3.27. The van der Waals surface area contributed by atoms with E-state index in [-0.39, 0.29) is 0 Å². The van der Waals surface area contributed by atoms with E-state index >= 15 is 0 Å². The summed E-state index contributed by atoms with van der Waals surface area (Å²) in [6.45, 7) is 4.91. The number of carbonyl (C=O) groups excluding carboxylic acids is 1. The topological polar surface area (TPSA) is 51.0 Å². The molecule has 1 aliphatic heterocycles. The maximum absolute atomic E-state index is 12.4. The predicted molar refractivity (Wildman–Crippen MR) is 80.7 cm³/mol. The Bertz CT molecular complexity index is 470. The zero-order chi connectivity index (χ0) is 14.7. The number of aromatic nitrogens is 3. The molecule has 0 radical (unpaired) electrons. The molecule has 1 aromatic rings. The Hall–Kier alpha value is -1.39. The summed E-state index contributed by atoms with van der Waals surface area (Å²) >= 11 is 0. The van der Waals surface area contributed by atoms with E-state index in [0.29, 0.717) is 17.7 Å². The first-order valence-electron chi connectivity index (χ1n) is 8.43. The number of hydrogen-bond donors (Lipinski definition) is 0. The largest absolute Gasteiger partial charge is 0.342 e. The Morgan fingerprint density at radius 3 is 2.62 bits per heavy atom. The van der Waals surface area contributed by atoms with E-state index in [4.69, 9.17) is 0 Å². The van der Waals surface area contributed by atoms with Gasteiger partial charge in [0, 0.05) is 32.0 Å². The number of hydrogen-bond acceptors (Lipinski definition) is 3. The van der Waals surface area contributed by atoms with Gasteiger partial charge in [-0.15, -0.1) is 10.2 Å². The highest BCUT2D eigenvalue weighted by Crippen LogP contribution is 2.29. The molecule has 1 amide bonds. The van der Waals surface area contributed by atoms with Gasteiger partial charge in [0.1, 0.15) is 12.2 Å². The lowest BCUT2D eigenvalue weighted by Crippen LogP contribution is -2.41. The van der Waals surface area contributed by atoms with Crippen molar-refractivity contribution in [3.05, 3.63) is 12.2 Å². The molecule has 1 aromatic heterocycles. The van der Waals surface area contributed by atoms with Gasteiger partial charge in [-0.05, 0) is 38.5 Å². The summed E-state index contributed by atoms with van der Waals surface area (Å²) in [7, 11) is 0.